The predicted molar refractivity (Wildman–Crippen MR) is 87.4 cm³/mol. The van der Waals surface area contributed by atoms with Gasteiger partial charge in [0.2, 0.25) is 0 Å². The highest BCUT2D eigenvalue weighted by Crippen LogP contribution is 2.32. The molecule has 0 saturated carbocycles. The van der Waals surface area contributed by atoms with E-state index in [0.29, 0.717) is 16.5 Å². The van der Waals surface area contributed by atoms with E-state index in [1.54, 1.807) is 13.3 Å². The van der Waals surface area contributed by atoms with Crippen LogP contribution >= 0.6 is 11.6 Å². The highest BCUT2D eigenvalue weighted by Gasteiger charge is 2.07. The highest BCUT2D eigenvalue weighted by molar-refractivity contribution is 6.32. The van der Waals surface area contributed by atoms with Crippen LogP contribution in [0, 0.1) is 0 Å². The molecule has 0 aliphatic rings. The van der Waals surface area contributed by atoms with Gasteiger partial charge in [-0.2, -0.15) is 0 Å². The maximum absolute atomic E-state index is 6.14. The molecule has 4 nitrogen and oxygen atoms in total. The van der Waals surface area contributed by atoms with Crippen LogP contribution in [0.15, 0.2) is 48.7 Å². The summed E-state index contributed by atoms with van der Waals surface area (Å²) in [6, 6.07) is 13.1. The molecule has 0 atom stereocenters. The number of aromatic nitrogens is 1. The van der Waals surface area contributed by atoms with Gasteiger partial charge in [0.1, 0.15) is 5.75 Å². The average Bonchev–Trinajstić information content (AvgIpc) is 2.51. The van der Waals surface area contributed by atoms with Crippen molar-refractivity contribution in [3.63, 3.8) is 0 Å². The molecular formula is C16H14ClN3O. The van der Waals surface area contributed by atoms with Crippen LogP contribution < -0.4 is 15.8 Å². The number of halogens is 1. The monoisotopic (exact) mass is 299 g/mol. The van der Waals surface area contributed by atoms with Crippen molar-refractivity contribution in [2.75, 3.05) is 18.2 Å². The lowest BCUT2D eigenvalue weighted by atomic mass is 10.1. The van der Waals surface area contributed by atoms with Gasteiger partial charge in [0.25, 0.3) is 0 Å². The summed E-state index contributed by atoms with van der Waals surface area (Å²) in [6.45, 7) is 0. The fraction of sp³-hybridized carbons (Fsp3) is 0.0625. The third-order valence-electron chi connectivity index (χ3n) is 3.23. The smallest absolute Gasteiger partial charge is 0.137 e. The van der Waals surface area contributed by atoms with E-state index in [4.69, 9.17) is 22.1 Å². The number of methoxy groups -OCH3 is 1. The summed E-state index contributed by atoms with van der Waals surface area (Å²) < 4.78 is 5.15. The first kappa shape index (κ1) is 13.5. The molecule has 5 heteroatoms. The van der Waals surface area contributed by atoms with Crippen molar-refractivity contribution < 1.29 is 4.74 Å². The van der Waals surface area contributed by atoms with Gasteiger partial charge in [-0.3, -0.25) is 4.98 Å². The summed E-state index contributed by atoms with van der Waals surface area (Å²) in [5, 5.41) is 4.78. The summed E-state index contributed by atoms with van der Waals surface area (Å²) in [7, 11) is 1.59. The van der Waals surface area contributed by atoms with E-state index in [9.17, 15) is 0 Å². The molecule has 0 aliphatic carbocycles. The Bertz CT molecular complexity index is 805. The number of nitrogens with one attached hydrogen (secondary N) is 1. The van der Waals surface area contributed by atoms with Crippen molar-refractivity contribution in [1.82, 2.24) is 4.98 Å². The van der Waals surface area contributed by atoms with E-state index < -0.39 is 0 Å². The molecule has 0 unspecified atom stereocenters. The minimum absolute atomic E-state index is 0.551. The maximum atomic E-state index is 6.14. The molecule has 1 heterocycles. The van der Waals surface area contributed by atoms with E-state index in [1.165, 1.54) is 0 Å². The van der Waals surface area contributed by atoms with Crippen LogP contribution in [-0.2, 0) is 0 Å². The molecule has 0 bridgehead atoms. The molecule has 2 aromatic carbocycles. The van der Waals surface area contributed by atoms with Gasteiger partial charge in [0.05, 0.1) is 23.3 Å². The molecular weight excluding hydrogens is 286 g/mol. The number of hydrogen-bond donors (Lipinski definition) is 2. The Balaban J connectivity index is 2.02. The number of nitrogens with two attached hydrogens (primary N) is 1. The number of rotatable bonds is 3. The summed E-state index contributed by atoms with van der Waals surface area (Å²) >= 11 is 6.14. The van der Waals surface area contributed by atoms with E-state index >= 15 is 0 Å². The number of pyridine rings is 1. The van der Waals surface area contributed by atoms with Crippen molar-refractivity contribution >= 4 is 39.6 Å². The zero-order chi connectivity index (χ0) is 14.8. The first-order valence-electron chi connectivity index (χ1n) is 6.43. The zero-order valence-corrected chi connectivity index (χ0v) is 12.2. The number of nitrogens with zero attached hydrogens (tertiary/aromatic N) is 1. The minimum atomic E-state index is 0.551. The molecule has 0 fully saturated rings. The third kappa shape index (κ3) is 2.58. The molecule has 21 heavy (non-hydrogen) atoms. The zero-order valence-electron chi connectivity index (χ0n) is 11.4. The van der Waals surface area contributed by atoms with Crippen LogP contribution in [0.25, 0.3) is 10.9 Å². The number of fused-ring (bicyclic) bond motifs is 1. The topological polar surface area (TPSA) is 60.2 Å². The molecule has 0 saturated heterocycles. The van der Waals surface area contributed by atoms with E-state index in [-0.39, 0.29) is 0 Å². The number of hydrogen-bond acceptors (Lipinski definition) is 4. The van der Waals surface area contributed by atoms with Crippen molar-refractivity contribution in [3.05, 3.63) is 53.7 Å². The normalized spacial score (nSPS) is 10.6. The summed E-state index contributed by atoms with van der Waals surface area (Å²) in [4.78, 5) is 4.39. The molecule has 0 amide bonds. The van der Waals surface area contributed by atoms with Gasteiger partial charge in [0.15, 0.2) is 0 Å². The summed E-state index contributed by atoms with van der Waals surface area (Å²) in [5.74, 6) is 0.641. The van der Waals surface area contributed by atoms with Crippen LogP contribution in [0.4, 0.5) is 17.1 Å². The minimum Gasteiger partial charge on any atom is -0.495 e. The molecule has 106 valence electrons. The second kappa shape index (κ2) is 5.50. The van der Waals surface area contributed by atoms with Crippen LogP contribution in [0.2, 0.25) is 5.02 Å². The van der Waals surface area contributed by atoms with Gasteiger partial charge in [-0.1, -0.05) is 11.6 Å². The first-order chi connectivity index (χ1) is 10.2. The van der Waals surface area contributed by atoms with Gasteiger partial charge in [-0.05, 0) is 42.5 Å². The van der Waals surface area contributed by atoms with Crippen LogP contribution in [0.5, 0.6) is 5.75 Å². The van der Waals surface area contributed by atoms with Crippen molar-refractivity contribution in [3.8, 4) is 5.75 Å². The fourth-order valence-corrected chi connectivity index (χ4v) is 2.45. The van der Waals surface area contributed by atoms with Crippen LogP contribution in [0.3, 0.4) is 0 Å². The lowest BCUT2D eigenvalue weighted by Gasteiger charge is -2.12. The molecule has 0 spiro atoms. The quantitative estimate of drug-likeness (QED) is 0.711. The lowest BCUT2D eigenvalue weighted by Crippen LogP contribution is -1.96. The number of ether oxygens (including phenoxy) is 1. The highest BCUT2D eigenvalue weighted by atomic mass is 35.5. The lowest BCUT2D eigenvalue weighted by molar-refractivity contribution is 0.415. The molecule has 3 rings (SSSR count). The fourth-order valence-electron chi connectivity index (χ4n) is 2.20. The standard InChI is InChI=1S/C16H14ClN3O/c1-21-15-7-4-10(9-12(15)17)20-14-6-5-13(18)11-3-2-8-19-16(11)14/h2-9,20H,18H2,1H3. The number of anilines is 3. The Morgan fingerprint density at radius 2 is 2.05 bits per heavy atom. The Hall–Kier alpha value is -2.46. The Kier molecular flexibility index (Phi) is 3.54. The number of nitrogen functional groups attached to an aromatic ring is 1. The van der Waals surface area contributed by atoms with Gasteiger partial charge in [-0.25, -0.2) is 0 Å². The van der Waals surface area contributed by atoms with Gasteiger partial charge in [0, 0.05) is 23.0 Å². The van der Waals surface area contributed by atoms with E-state index in [2.05, 4.69) is 10.3 Å². The van der Waals surface area contributed by atoms with E-state index in [0.717, 1.165) is 22.3 Å². The third-order valence-corrected chi connectivity index (χ3v) is 3.53. The Labute approximate surface area is 127 Å². The summed E-state index contributed by atoms with van der Waals surface area (Å²) in [5.41, 5.74) is 9.24. The van der Waals surface area contributed by atoms with Crippen LogP contribution in [0.1, 0.15) is 0 Å². The van der Waals surface area contributed by atoms with E-state index in [1.807, 2.05) is 42.5 Å². The molecule has 1 aromatic heterocycles. The first-order valence-corrected chi connectivity index (χ1v) is 6.80. The van der Waals surface area contributed by atoms with Crippen molar-refractivity contribution in [2.24, 2.45) is 0 Å². The van der Waals surface area contributed by atoms with Crippen molar-refractivity contribution in [2.45, 2.75) is 0 Å². The predicted octanol–water partition coefficient (Wildman–Crippen LogP) is 4.22. The SMILES string of the molecule is COc1ccc(Nc2ccc(N)c3cccnc23)cc1Cl. The van der Waals surface area contributed by atoms with Gasteiger partial charge < -0.3 is 15.8 Å². The largest absolute Gasteiger partial charge is 0.495 e. The maximum Gasteiger partial charge on any atom is 0.137 e. The second-order valence-corrected chi connectivity index (χ2v) is 4.98. The molecule has 0 aliphatic heterocycles. The molecule has 3 N–H and O–H groups in total. The Morgan fingerprint density at radius 1 is 1.19 bits per heavy atom. The van der Waals surface area contributed by atoms with Crippen molar-refractivity contribution in [1.29, 1.82) is 0 Å². The molecule has 3 aromatic rings. The van der Waals surface area contributed by atoms with Crippen LogP contribution in [-0.4, -0.2) is 12.1 Å². The average molecular weight is 300 g/mol. The second-order valence-electron chi connectivity index (χ2n) is 4.58. The van der Waals surface area contributed by atoms with Gasteiger partial charge in [-0.15, -0.1) is 0 Å². The Morgan fingerprint density at radius 3 is 2.81 bits per heavy atom. The molecule has 0 radical (unpaired) electrons. The number of benzene rings is 2. The summed E-state index contributed by atoms with van der Waals surface area (Å²) in [6.07, 6.45) is 1.74. The van der Waals surface area contributed by atoms with Gasteiger partial charge >= 0.3 is 0 Å².